The summed E-state index contributed by atoms with van der Waals surface area (Å²) in [4.78, 5) is 30.2. The average molecular weight is 537 g/mol. The summed E-state index contributed by atoms with van der Waals surface area (Å²) in [6.07, 6.45) is 7.85. The van der Waals surface area contributed by atoms with Crippen LogP contribution in [0.4, 0.5) is 0 Å². The summed E-state index contributed by atoms with van der Waals surface area (Å²) in [6.45, 7) is 5.55. The standard InChI is InChI=1S/C34H36N2O4/c1-5-7-17-35-29(25-13-9-11-15-27(25)33(35)37)19-23-21-32(40-4)24(22-31(23)39-3)20-30-26-14-10-12-16-28(26)34(38)36(30)18-8-6-2/h9-16,19-22H,5-8,17-18H2,1-4H3/b29-19+,30-20+. The molecule has 206 valence electrons. The molecule has 2 heterocycles. The molecule has 0 fully saturated rings. The SMILES string of the molecule is CCCCN1C(=O)c2ccccc2/C1=C\c1cc(OC)c(/C=C2\c3ccccc3C(=O)N2CCCC)cc1OC. The van der Waals surface area contributed by atoms with Crippen molar-refractivity contribution >= 4 is 35.4 Å². The van der Waals surface area contributed by atoms with E-state index >= 15 is 0 Å². The van der Waals surface area contributed by atoms with Gasteiger partial charge in [-0.05, 0) is 49.3 Å². The van der Waals surface area contributed by atoms with Crippen LogP contribution in [0.15, 0.2) is 60.7 Å². The van der Waals surface area contributed by atoms with E-state index in [2.05, 4.69) is 13.8 Å². The number of amides is 2. The van der Waals surface area contributed by atoms with Gasteiger partial charge in [0.2, 0.25) is 0 Å². The smallest absolute Gasteiger partial charge is 0.258 e. The minimum Gasteiger partial charge on any atom is -0.496 e. The van der Waals surface area contributed by atoms with Crippen LogP contribution in [0.1, 0.15) is 82.5 Å². The zero-order chi connectivity index (χ0) is 28.2. The van der Waals surface area contributed by atoms with Crippen molar-refractivity contribution in [1.29, 1.82) is 0 Å². The van der Waals surface area contributed by atoms with E-state index in [9.17, 15) is 9.59 Å². The third kappa shape index (κ3) is 4.90. The Bertz CT molecular complexity index is 1390. The van der Waals surface area contributed by atoms with Crippen LogP contribution in [-0.2, 0) is 0 Å². The molecule has 0 spiro atoms. The molecule has 0 aromatic heterocycles. The molecule has 0 atom stereocenters. The lowest BCUT2D eigenvalue weighted by Gasteiger charge is -2.20. The third-order valence-electron chi connectivity index (χ3n) is 7.58. The van der Waals surface area contributed by atoms with E-state index < -0.39 is 0 Å². The molecule has 0 unspecified atom stereocenters. The molecule has 0 N–H and O–H groups in total. The van der Waals surface area contributed by atoms with Crippen LogP contribution in [0.5, 0.6) is 11.5 Å². The molecule has 3 aromatic rings. The number of rotatable bonds is 10. The van der Waals surface area contributed by atoms with Crippen molar-refractivity contribution in [2.75, 3.05) is 27.3 Å². The number of methoxy groups -OCH3 is 2. The molecule has 6 nitrogen and oxygen atoms in total. The molecule has 6 heteroatoms. The fourth-order valence-electron chi connectivity index (χ4n) is 5.44. The topological polar surface area (TPSA) is 59.1 Å². The lowest BCUT2D eigenvalue weighted by molar-refractivity contribution is 0.0841. The lowest BCUT2D eigenvalue weighted by Crippen LogP contribution is -2.24. The van der Waals surface area contributed by atoms with Crippen LogP contribution >= 0.6 is 0 Å². The molecule has 40 heavy (non-hydrogen) atoms. The Hall–Kier alpha value is -4.32. The van der Waals surface area contributed by atoms with Gasteiger partial charge >= 0.3 is 0 Å². The number of unbranched alkanes of at least 4 members (excludes halogenated alkanes) is 2. The first-order valence-electron chi connectivity index (χ1n) is 14.0. The highest BCUT2D eigenvalue weighted by Gasteiger charge is 2.33. The van der Waals surface area contributed by atoms with Crippen LogP contribution in [0.2, 0.25) is 0 Å². The maximum Gasteiger partial charge on any atom is 0.258 e. The second-order valence-electron chi connectivity index (χ2n) is 10.1. The molecule has 0 saturated heterocycles. The maximum atomic E-state index is 13.3. The highest BCUT2D eigenvalue weighted by atomic mass is 16.5. The summed E-state index contributed by atoms with van der Waals surface area (Å²) in [5.41, 5.74) is 6.62. The first kappa shape index (κ1) is 27.3. The van der Waals surface area contributed by atoms with Crippen LogP contribution < -0.4 is 9.47 Å². The number of nitrogens with zero attached hydrogens (tertiary/aromatic N) is 2. The summed E-state index contributed by atoms with van der Waals surface area (Å²) in [6, 6.07) is 19.4. The number of ether oxygens (including phenoxy) is 2. The van der Waals surface area contributed by atoms with Gasteiger partial charge in [0.1, 0.15) is 11.5 Å². The molecule has 2 aliphatic heterocycles. The van der Waals surface area contributed by atoms with E-state index in [-0.39, 0.29) is 11.8 Å². The Labute approximate surface area is 236 Å². The number of fused-ring (bicyclic) bond motifs is 2. The fraction of sp³-hybridized carbons (Fsp3) is 0.294. The normalized spacial score (nSPS) is 16.2. The minimum absolute atomic E-state index is 0.0271. The molecular weight excluding hydrogens is 500 g/mol. The van der Waals surface area contributed by atoms with Crippen molar-refractivity contribution in [2.24, 2.45) is 0 Å². The van der Waals surface area contributed by atoms with Crippen molar-refractivity contribution in [3.8, 4) is 11.5 Å². The lowest BCUT2D eigenvalue weighted by atomic mass is 10.0. The van der Waals surface area contributed by atoms with E-state index in [4.69, 9.17) is 9.47 Å². The second kappa shape index (κ2) is 11.8. The van der Waals surface area contributed by atoms with Crippen molar-refractivity contribution in [1.82, 2.24) is 9.80 Å². The predicted molar refractivity (Wildman–Crippen MR) is 160 cm³/mol. The molecule has 3 aromatic carbocycles. The largest absolute Gasteiger partial charge is 0.496 e. The zero-order valence-electron chi connectivity index (χ0n) is 23.7. The van der Waals surface area contributed by atoms with Gasteiger partial charge in [-0.1, -0.05) is 63.1 Å². The van der Waals surface area contributed by atoms with Crippen LogP contribution in [0.3, 0.4) is 0 Å². The van der Waals surface area contributed by atoms with E-state index in [0.29, 0.717) is 35.7 Å². The molecule has 2 aliphatic rings. The highest BCUT2D eigenvalue weighted by molar-refractivity contribution is 6.13. The number of carbonyl (C=O) groups excluding carboxylic acids is 2. The van der Waals surface area contributed by atoms with Crippen LogP contribution in [-0.4, -0.2) is 48.9 Å². The van der Waals surface area contributed by atoms with Crippen LogP contribution in [0, 0.1) is 0 Å². The summed E-state index contributed by atoms with van der Waals surface area (Å²) in [7, 11) is 3.29. The third-order valence-corrected chi connectivity index (χ3v) is 7.58. The molecule has 0 radical (unpaired) electrons. The number of benzene rings is 3. The highest BCUT2D eigenvalue weighted by Crippen LogP contribution is 2.40. The summed E-state index contributed by atoms with van der Waals surface area (Å²) < 4.78 is 11.7. The minimum atomic E-state index is 0.0271. The zero-order valence-corrected chi connectivity index (χ0v) is 23.7. The number of hydrogen-bond acceptors (Lipinski definition) is 4. The van der Waals surface area contributed by atoms with E-state index in [1.54, 1.807) is 14.2 Å². The van der Waals surface area contributed by atoms with Crippen molar-refractivity contribution in [3.63, 3.8) is 0 Å². The number of hydrogen-bond donors (Lipinski definition) is 0. The first-order valence-corrected chi connectivity index (χ1v) is 14.0. The second-order valence-corrected chi connectivity index (χ2v) is 10.1. The first-order chi connectivity index (χ1) is 19.5. The van der Waals surface area contributed by atoms with Crippen molar-refractivity contribution in [3.05, 3.63) is 94.0 Å². The van der Waals surface area contributed by atoms with Gasteiger partial charge in [0, 0.05) is 46.5 Å². The van der Waals surface area contributed by atoms with Crippen molar-refractivity contribution < 1.29 is 19.1 Å². The molecule has 2 amide bonds. The van der Waals surface area contributed by atoms with Gasteiger partial charge < -0.3 is 19.3 Å². The Morgan fingerprint density at radius 2 is 1.00 bits per heavy atom. The van der Waals surface area contributed by atoms with E-state index in [1.165, 1.54) is 0 Å². The average Bonchev–Trinajstić information content (AvgIpc) is 3.40. The molecular formula is C34H36N2O4. The van der Waals surface area contributed by atoms with Gasteiger partial charge in [-0.25, -0.2) is 0 Å². The Balaban J connectivity index is 1.62. The van der Waals surface area contributed by atoms with Crippen LogP contribution in [0.25, 0.3) is 23.5 Å². The van der Waals surface area contributed by atoms with Gasteiger partial charge in [0.05, 0.1) is 25.6 Å². The van der Waals surface area contributed by atoms with E-state index in [1.807, 2.05) is 82.6 Å². The summed E-state index contributed by atoms with van der Waals surface area (Å²) in [5, 5.41) is 0. The Morgan fingerprint density at radius 3 is 1.35 bits per heavy atom. The van der Waals surface area contributed by atoms with E-state index in [0.717, 1.165) is 59.3 Å². The monoisotopic (exact) mass is 536 g/mol. The fourth-order valence-corrected chi connectivity index (χ4v) is 5.44. The van der Waals surface area contributed by atoms with Gasteiger partial charge in [0.25, 0.3) is 11.8 Å². The Kier molecular flexibility index (Phi) is 8.06. The van der Waals surface area contributed by atoms with Crippen molar-refractivity contribution in [2.45, 2.75) is 39.5 Å². The predicted octanol–water partition coefficient (Wildman–Crippen LogP) is 7.21. The van der Waals surface area contributed by atoms with Gasteiger partial charge in [-0.2, -0.15) is 0 Å². The summed E-state index contributed by atoms with van der Waals surface area (Å²) >= 11 is 0. The van der Waals surface area contributed by atoms with Gasteiger partial charge in [0.15, 0.2) is 0 Å². The quantitative estimate of drug-likeness (QED) is 0.275. The maximum absolute atomic E-state index is 13.3. The molecule has 0 bridgehead atoms. The molecule has 0 saturated carbocycles. The molecule has 0 aliphatic carbocycles. The van der Waals surface area contributed by atoms with Gasteiger partial charge in [-0.15, -0.1) is 0 Å². The Morgan fingerprint density at radius 1 is 0.625 bits per heavy atom. The van der Waals surface area contributed by atoms with Gasteiger partial charge in [-0.3, -0.25) is 9.59 Å². The summed E-state index contributed by atoms with van der Waals surface area (Å²) in [5.74, 6) is 1.37. The number of carbonyl (C=O) groups is 2. The molecule has 5 rings (SSSR count).